The Bertz CT molecular complexity index is 1070. The number of hydrogen-bond acceptors (Lipinski definition) is 6. The third-order valence-corrected chi connectivity index (χ3v) is 5.00. The minimum Gasteiger partial charge on any atom is -0.480 e. The van der Waals surface area contributed by atoms with Crippen LogP contribution in [0.3, 0.4) is 0 Å². The maximum Gasteiger partial charge on any atom is 0.417 e. The highest BCUT2D eigenvalue weighted by molar-refractivity contribution is 8.18. The minimum absolute atomic E-state index is 0.0886. The van der Waals surface area contributed by atoms with Crippen molar-refractivity contribution in [2.24, 2.45) is 5.73 Å². The highest BCUT2D eigenvalue weighted by Crippen LogP contribution is 2.38. The Hall–Kier alpha value is -3.31. The second-order valence-electron chi connectivity index (χ2n) is 6.49. The highest BCUT2D eigenvalue weighted by atomic mass is 32.2. The number of halogens is 3. The van der Waals surface area contributed by atoms with Crippen LogP contribution in [0.15, 0.2) is 47.4 Å². The number of imide groups is 1. The summed E-state index contributed by atoms with van der Waals surface area (Å²) in [6.45, 7) is 0. The van der Waals surface area contributed by atoms with Crippen LogP contribution in [0.25, 0.3) is 6.08 Å². The van der Waals surface area contributed by atoms with Gasteiger partial charge >= 0.3 is 12.1 Å². The first-order valence-electron chi connectivity index (χ1n) is 8.74. The van der Waals surface area contributed by atoms with Crippen LogP contribution in [0.4, 0.5) is 18.0 Å². The number of carbonyl (C=O) groups excluding carboxylic acids is 2. The molecule has 2 amide bonds. The van der Waals surface area contributed by atoms with Gasteiger partial charge in [-0.05, 0) is 59.7 Å². The first-order valence-corrected chi connectivity index (χ1v) is 9.56. The van der Waals surface area contributed by atoms with Crippen molar-refractivity contribution in [2.45, 2.75) is 18.6 Å². The Kier molecular flexibility index (Phi) is 6.37. The molecule has 1 aliphatic heterocycles. The zero-order chi connectivity index (χ0) is 22.8. The average molecular weight is 452 g/mol. The average Bonchev–Trinajstić information content (AvgIpc) is 3.00. The van der Waals surface area contributed by atoms with Crippen molar-refractivity contribution in [1.82, 2.24) is 5.32 Å². The fraction of sp³-hybridized carbons (Fsp3) is 0.150. The van der Waals surface area contributed by atoms with Gasteiger partial charge in [0.2, 0.25) is 0 Å². The van der Waals surface area contributed by atoms with Crippen molar-refractivity contribution in [3.8, 4) is 11.5 Å². The molecule has 0 unspecified atom stereocenters. The Balaban J connectivity index is 1.83. The number of benzene rings is 2. The molecule has 1 saturated heterocycles. The van der Waals surface area contributed by atoms with E-state index in [2.05, 4.69) is 0 Å². The fourth-order valence-corrected chi connectivity index (χ4v) is 3.38. The molecule has 162 valence electrons. The van der Waals surface area contributed by atoms with E-state index in [1.54, 1.807) is 12.1 Å². The Morgan fingerprint density at radius 3 is 2.35 bits per heavy atom. The number of hydrogen-bond donors (Lipinski definition) is 3. The molecule has 31 heavy (non-hydrogen) atoms. The summed E-state index contributed by atoms with van der Waals surface area (Å²) < 4.78 is 46.1. The lowest BCUT2D eigenvalue weighted by Gasteiger charge is -2.14. The number of aliphatic carboxylic acids is 1. The summed E-state index contributed by atoms with van der Waals surface area (Å²) in [5.41, 5.74) is 4.78. The van der Waals surface area contributed by atoms with E-state index in [-0.39, 0.29) is 28.4 Å². The number of carboxylic acids is 1. The molecular formula is C20H15F3N2O5S. The van der Waals surface area contributed by atoms with Crippen molar-refractivity contribution in [1.29, 1.82) is 0 Å². The summed E-state index contributed by atoms with van der Waals surface area (Å²) in [5.74, 6) is -1.76. The van der Waals surface area contributed by atoms with E-state index in [9.17, 15) is 27.6 Å². The van der Waals surface area contributed by atoms with Gasteiger partial charge in [0.15, 0.2) is 0 Å². The number of thioether (sulfide) groups is 1. The van der Waals surface area contributed by atoms with Crippen molar-refractivity contribution in [3.63, 3.8) is 0 Å². The monoisotopic (exact) mass is 452 g/mol. The van der Waals surface area contributed by atoms with E-state index in [1.165, 1.54) is 18.2 Å². The molecular weight excluding hydrogens is 437 g/mol. The molecule has 4 N–H and O–H groups in total. The standard InChI is InChI=1S/C20H15F3N2O5S/c21-20(22,23)14-9-13(6-3-11(14)8-16-17(26)25-19(29)31-16)30-12-4-1-10(2-5-12)7-15(24)18(27)28/h1-6,8-9,15H,7,24H2,(H,27,28)(H,25,26,29)/t15-/m0/s1. The van der Waals surface area contributed by atoms with Gasteiger partial charge in [-0.25, -0.2) is 0 Å². The van der Waals surface area contributed by atoms with E-state index in [1.807, 2.05) is 5.32 Å². The predicted octanol–water partition coefficient (Wildman–Crippen LogP) is 3.78. The van der Waals surface area contributed by atoms with E-state index < -0.39 is 34.9 Å². The van der Waals surface area contributed by atoms with Crippen LogP contribution < -0.4 is 15.8 Å². The van der Waals surface area contributed by atoms with E-state index in [4.69, 9.17) is 15.6 Å². The quantitative estimate of drug-likeness (QED) is 0.571. The predicted molar refractivity (Wildman–Crippen MR) is 106 cm³/mol. The van der Waals surface area contributed by atoms with Gasteiger partial charge in [0.05, 0.1) is 10.5 Å². The van der Waals surface area contributed by atoms with Crippen LogP contribution >= 0.6 is 11.8 Å². The molecule has 0 radical (unpaired) electrons. The molecule has 1 aliphatic rings. The summed E-state index contributed by atoms with van der Waals surface area (Å²) in [7, 11) is 0. The summed E-state index contributed by atoms with van der Waals surface area (Å²) >= 11 is 0.519. The molecule has 1 heterocycles. The van der Waals surface area contributed by atoms with E-state index >= 15 is 0 Å². The number of nitrogens with two attached hydrogens (primary N) is 1. The zero-order valence-electron chi connectivity index (χ0n) is 15.6. The normalized spacial score (nSPS) is 16.3. The Morgan fingerprint density at radius 2 is 1.81 bits per heavy atom. The minimum atomic E-state index is -4.73. The number of ether oxygens (including phenoxy) is 1. The van der Waals surface area contributed by atoms with E-state index in [0.717, 1.165) is 18.2 Å². The van der Waals surface area contributed by atoms with Crippen LogP contribution in [0.1, 0.15) is 16.7 Å². The van der Waals surface area contributed by atoms with Crippen molar-refractivity contribution >= 4 is 35.0 Å². The molecule has 11 heteroatoms. The van der Waals surface area contributed by atoms with Gasteiger partial charge in [-0.2, -0.15) is 13.2 Å². The van der Waals surface area contributed by atoms with Crippen LogP contribution in [-0.2, 0) is 22.2 Å². The van der Waals surface area contributed by atoms with Gasteiger partial charge < -0.3 is 15.6 Å². The van der Waals surface area contributed by atoms with Gasteiger partial charge in [-0.15, -0.1) is 0 Å². The van der Waals surface area contributed by atoms with Crippen LogP contribution in [-0.4, -0.2) is 28.3 Å². The molecule has 3 rings (SSSR count). The summed E-state index contributed by atoms with van der Waals surface area (Å²) in [5, 5.41) is 10.2. The molecule has 0 aliphatic carbocycles. The lowest BCUT2D eigenvalue weighted by atomic mass is 10.1. The van der Waals surface area contributed by atoms with Crippen LogP contribution in [0, 0.1) is 0 Å². The second-order valence-corrected chi connectivity index (χ2v) is 7.51. The summed E-state index contributed by atoms with van der Waals surface area (Å²) in [6, 6.07) is 8.26. The third-order valence-electron chi connectivity index (χ3n) is 4.19. The van der Waals surface area contributed by atoms with Gasteiger partial charge in [0.25, 0.3) is 11.1 Å². The van der Waals surface area contributed by atoms with Crippen molar-refractivity contribution in [3.05, 3.63) is 64.1 Å². The number of carbonyl (C=O) groups is 3. The van der Waals surface area contributed by atoms with Crippen molar-refractivity contribution < 1.29 is 37.4 Å². The smallest absolute Gasteiger partial charge is 0.417 e. The fourth-order valence-electron chi connectivity index (χ4n) is 2.70. The lowest BCUT2D eigenvalue weighted by Crippen LogP contribution is -2.32. The number of amides is 2. The van der Waals surface area contributed by atoms with Gasteiger partial charge in [-0.1, -0.05) is 18.2 Å². The first kappa shape index (κ1) is 22.4. The maximum atomic E-state index is 13.5. The second kappa shape index (κ2) is 8.82. The molecule has 2 aromatic rings. The Morgan fingerprint density at radius 1 is 1.16 bits per heavy atom. The van der Waals surface area contributed by atoms with E-state index in [0.29, 0.717) is 17.3 Å². The molecule has 1 fully saturated rings. The van der Waals surface area contributed by atoms with Gasteiger partial charge in [0.1, 0.15) is 17.5 Å². The first-order chi connectivity index (χ1) is 14.5. The molecule has 0 saturated carbocycles. The Labute approximate surface area is 178 Å². The molecule has 1 atom stereocenters. The molecule has 0 bridgehead atoms. The molecule has 0 aromatic heterocycles. The third kappa shape index (κ3) is 5.64. The number of alkyl halides is 3. The SMILES string of the molecule is N[C@@H](Cc1ccc(Oc2ccc(C=C3SC(=O)NC3=O)c(C(F)(F)F)c2)cc1)C(=O)O. The van der Waals surface area contributed by atoms with Crippen molar-refractivity contribution in [2.75, 3.05) is 0 Å². The maximum absolute atomic E-state index is 13.5. The number of rotatable bonds is 6. The molecule has 2 aromatic carbocycles. The number of carboxylic acid groups (broad SMARTS) is 1. The molecule has 7 nitrogen and oxygen atoms in total. The summed E-state index contributed by atoms with van der Waals surface area (Å²) in [6.07, 6.45) is -3.64. The van der Waals surface area contributed by atoms with Gasteiger partial charge in [0, 0.05) is 0 Å². The van der Waals surface area contributed by atoms with Gasteiger partial charge in [-0.3, -0.25) is 19.7 Å². The largest absolute Gasteiger partial charge is 0.480 e. The summed E-state index contributed by atoms with van der Waals surface area (Å²) in [4.78, 5) is 33.5. The van der Waals surface area contributed by atoms with Crippen LogP contribution in [0.5, 0.6) is 11.5 Å². The van der Waals surface area contributed by atoms with Crippen LogP contribution in [0.2, 0.25) is 0 Å². The molecule has 0 spiro atoms. The zero-order valence-corrected chi connectivity index (χ0v) is 16.4. The lowest BCUT2D eigenvalue weighted by molar-refractivity contribution is -0.139. The topological polar surface area (TPSA) is 119 Å². The highest BCUT2D eigenvalue weighted by Gasteiger charge is 2.34. The number of nitrogens with one attached hydrogen (secondary N) is 1.